The van der Waals surface area contributed by atoms with Gasteiger partial charge in [-0.05, 0) is 24.6 Å². The van der Waals surface area contributed by atoms with Gasteiger partial charge < -0.3 is 4.74 Å². The van der Waals surface area contributed by atoms with E-state index in [1.807, 2.05) is 6.07 Å². The first-order valence-corrected chi connectivity index (χ1v) is 6.40. The summed E-state index contributed by atoms with van der Waals surface area (Å²) in [6.07, 6.45) is -3.11. The molecule has 0 saturated heterocycles. The second kappa shape index (κ2) is 4.91. The van der Waals surface area contributed by atoms with E-state index in [1.165, 1.54) is 18.4 Å². The molecular formula is C15H10F3N3O. The highest BCUT2D eigenvalue weighted by atomic mass is 19.4. The molecule has 0 amide bonds. The molecule has 4 nitrogen and oxygen atoms in total. The number of H-pyrrole nitrogens is 1. The summed E-state index contributed by atoms with van der Waals surface area (Å²) < 4.78 is 43.2. The molecule has 0 fully saturated rings. The molecule has 1 unspecified atom stereocenters. The van der Waals surface area contributed by atoms with E-state index in [2.05, 4.69) is 10.2 Å². The Labute approximate surface area is 123 Å². The SMILES string of the molecule is Cc1[nH]nc2c1C(c1ccc(C(F)(F)F)cc1)C(C#N)=CO2. The van der Waals surface area contributed by atoms with Gasteiger partial charge in [0.25, 0.3) is 0 Å². The lowest BCUT2D eigenvalue weighted by molar-refractivity contribution is -0.137. The van der Waals surface area contributed by atoms with E-state index < -0.39 is 17.7 Å². The van der Waals surface area contributed by atoms with Gasteiger partial charge in [0, 0.05) is 11.3 Å². The van der Waals surface area contributed by atoms with E-state index in [9.17, 15) is 18.4 Å². The average Bonchev–Trinajstić information content (AvgIpc) is 2.87. The Balaban J connectivity index is 2.08. The number of aromatic nitrogens is 2. The van der Waals surface area contributed by atoms with Crippen LogP contribution in [0.3, 0.4) is 0 Å². The van der Waals surface area contributed by atoms with E-state index in [4.69, 9.17) is 4.74 Å². The number of alkyl halides is 3. The van der Waals surface area contributed by atoms with Crippen molar-refractivity contribution < 1.29 is 17.9 Å². The van der Waals surface area contributed by atoms with Crippen LogP contribution in [0.5, 0.6) is 5.88 Å². The Kier molecular flexibility index (Phi) is 3.17. The largest absolute Gasteiger partial charge is 0.444 e. The van der Waals surface area contributed by atoms with Gasteiger partial charge in [0.2, 0.25) is 5.88 Å². The number of benzene rings is 1. The number of aryl methyl sites for hydroxylation is 1. The molecule has 0 spiro atoms. The van der Waals surface area contributed by atoms with E-state index >= 15 is 0 Å². The van der Waals surface area contributed by atoms with Gasteiger partial charge in [-0.25, -0.2) is 0 Å². The number of aromatic amines is 1. The molecule has 2 aromatic rings. The van der Waals surface area contributed by atoms with Crippen molar-refractivity contribution in [2.45, 2.75) is 19.0 Å². The number of rotatable bonds is 1. The predicted octanol–water partition coefficient (Wildman–Crippen LogP) is 3.67. The lowest BCUT2D eigenvalue weighted by Gasteiger charge is -2.21. The first-order valence-electron chi connectivity index (χ1n) is 6.40. The van der Waals surface area contributed by atoms with Crippen LogP contribution in [-0.4, -0.2) is 10.2 Å². The van der Waals surface area contributed by atoms with Gasteiger partial charge in [-0.3, -0.25) is 5.10 Å². The quantitative estimate of drug-likeness (QED) is 0.874. The van der Waals surface area contributed by atoms with Crippen molar-refractivity contribution in [1.29, 1.82) is 5.26 Å². The van der Waals surface area contributed by atoms with Gasteiger partial charge in [0.05, 0.1) is 23.1 Å². The van der Waals surface area contributed by atoms with E-state index in [0.29, 0.717) is 28.3 Å². The summed E-state index contributed by atoms with van der Waals surface area (Å²) in [6.45, 7) is 1.77. The first-order chi connectivity index (χ1) is 10.4. The van der Waals surface area contributed by atoms with Gasteiger partial charge in [-0.1, -0.05) is 12.1 Å². The van der Waals surface area contributed by atoms with Gasteiger partial charge >= 0.3 is 6.18 Å². The highest BCUT2D eigenvalue weighted by molar-refractivity contribution is 5.53. The number of hydrogen-bond donors (Lipinski definition) is 1. The average molecular weight is 305 g/mol. The zero-order valence-electron chi connectivity index (χ0n) is 11.4. The van der Waals surface area contributed by atoms with Crippen LogP contribution in [0.25, 0.3) is 0 Å². The number of nitrogens with one attached hydrogen (secondary N) is 1. The highest BCUT2D eigenvalue weighted by Crippen LogP contribution is 2.41. The maximum Gasteiger partial charge on any atom is 0.416 e. The monoisotopic (exact) mass is 305 g/mol. The normalized spacial score (nSPS) is 17.2. The summed E-state index contributed by atoms with van der Waals surface area (Å²) in [4.78, 5) is 0. The zero-order valence-corrected chi connectivity index (χ0v) is 11.4. The van der Waals surface area contributed by atoms with Crippen molar-refractivity contribution in [2.75, 3.05) is 0 Å². The van der Waals surface area contributed by atoms with Gasteiger partial charge in [-0.2, -0.15) is 18.4 Å². The Hall–Kier alpha value is -2.75. The summed E-state index contributed by atoms with van der Waals surface area (Å²) in [5, 5.41) is 16.0. The second-order valence-corrected chi connectivity index (χ2v) is 4.92. The van der Waals surface area contributed by atoms with Crippen LogP contribution in [0.2, 0.25) is 0 Å². The minimum atomic E-state index is -4.39. The molecule has 3 rings (SSSR count). The maximum absolute atomic E-state index is 12.7. The Bertz CT molecular complexity index is 782. The molecule has 7 heteroatoms. The topological polar surface area (TPSA) is 61.7 Å². The highest BCUT2D eigenvalue weighted by Gasteiger charge is 2.33. The molecule has 1 N–H and O–H groups in total. The van der Waals surface area contributed by atoms with Crippen LogP contribution in [-0.2, 0) is 6.18 Å². The third kappa shape index (κ3) is 2.22. The number of ether oxygens (including phenoxy) is 1. The Morgan fingerprint density at radius 1 is 1.27 bits per heavy atom. The van der Waals surface area contributed by atoms with Gasteiger partial charge in [0.1, 0.15) is 6.26 Å². The fourth-order valence-corrected chi connectivity index (χ4v) is 2.49. The molecule has 1 aliphatic heterocycles. The molecule has 22 heavy (non-hydrogen) atoms. The van der Waals surface area contributed by atoms with E-state index in [-0.39, 0.29) is 0 Å². The van der Waals surface area contributed by atoms with Crippen LogP contribution >= 0.6 is 0 Å². The molecule has 1 aromatic heterocycles. The summed E-state index contributed by atoms with van der Waals surface area (Å²) in [6, 6.07) is 6.80. The first kappa shape index (κ1) is 14.2. The van der Waals surface area contributed by atoms with Crippen molar-refractivity contribution >= 4 is 0 Å². The fourth-order valence-electron chi connectivity index (χ4n) is 2.49. The van der Waals surface area contributed by atoms with Crippen LogP contribution < -0.4 is 4.74 Å². The smallest absolute Gasteiger partial charge is 0.416 e. The lowest BCUT2D eigenvalue weighted by atomic mass is 9.84. The summed E-state index contributed by atoms with van der Waals surface area (Å²) in [5.41, 5.74) is 1.54. The third-order valence-corrected chi connectivity index (χ3v) is 3.56. The van der Waals surface area contributed by atoms with Gasteiger partial charge in [0.15, 0.2) is 0 Å². The summed E-state index contributed by atoms with van der Waals surface area (Å²) >= 11 is 0. The van der Waals surface area contributed by atoms with Crippen LogP contribution in [0, 0.1) is 18.3 Å². The third-order valence-electron chi connectivity index (χ3n) is 3.56. The van der Waals surface area contributed by atoms with Crippen molar-refractivity contribution in [1.82, 2.24) is 10.2 Å². The molecular weight excluding hydrogens is 295 g/mol. The fraction of sp³-hybridized carbons (Fsp3) is 0.200. The number of allylic oxidation sites excluding steroid dienone is 1. The number of nitriles is 1. The number of halogens is 3. The second-order valence-electron chi connectivity index (χ2n) is 4.92. The molecule has 0 saturated carbocycles. The van der Waals surface area contributed by atoms with Crippen molar-refractivity contribution in [2.24, 2.45) is 0 Å². The molecule has 0 aliphatic carbocycles. The van der Waals surface area contributed by atoms with Crippen LogP contribution in [0.4, 0.5) is 13.2 Å². The number of hydrogen-bond acceptors (Lipinski definition) is 3. The Morgan fingerprint density at radius 2 is 1.95 bits per heavy atom. The lowest BCUT2D eigenvalue weighted by Crippen LogP contribution is -2.12. The molecule has 2 heterocycles. The van der Waals surface area contributed by atoms with Gasteiger partial charge in [-0.15, -0.1) is 5.10 Å². The standard InChI is InChI=1S/C15H10F3N3O/c1-8-12-13(10(6-19)7-22-14(12)21-20-8)9-2-4-11(5-3-9)15(16,17)18/h2-5,7,13H,1H3,(H,20,21). The predicted molar refractivity (Wildman–Crippen MR) is 70.9 cm³/mol. The molecule has 112 valence electrons. The zero-order chi connectivity index (χ0) is 15.9. The van der Waals surface area contributed by atoms with Crippen molar-refractivity contribution in [3.05, 3.63) is 58.5 Å². The molecule has 1 aromatic carbocycles. The summed E-state index contributed by atoms with van der Waals surface area (Å²) in [7, 11) is 0. The van der Waals surface area contributed by atoms with Crippen LogP contribution in [0.1, 0.15) is 28.3 Å². The molecule has 0 radical (unpaired) electrons. The number of fused-ring (bicyclic) bond motifs is 1. The van der Waals surface area contributed by atoms with Crippen molar-refractivity contribution in [3.8, 4) is 11.9 Å². The molecule has 1 atom stereocenters. The maximum atomic E-state index is 12.7. The minimum Gasteiger partial charge on any atom is -0.444 e. The minimum absolute atomic E-state index is 0.316. The van der Waals surface area contributed by atoms with E-state index in [0.717, 1.165) is 12.1 Å². The van der Waals surface area contributed by atoms with E-state index in [1.54, 1.807) is 6.92 Å². The molecule has 0 bridgehead atoms. The van der Waals surface area contributed by atoms with Crippen molar-refractivity contribution in [3.63, 3.8) is 0 Å². The number of nitrogens with zero attached hydrogens (tertiary/aromatic N) is 2. The molecule has 1 aliphatic rings. The Morgan fingerprint density at radius 3 is 2.55 bits per heavy atom. The van der Waals surface area contributed by atoms with Crippen LogP contribution in [0.15, 0.2) is 36.1 Å². The summed E-state index contributed by atoms with van der Waals surface area (Å²) in [5.74, 6) is -0.156.